The predicted octanol–water partition coefficient (Wildman–Crippen LogP) is 2.15. The van der Waals surface area contributed by atoms with Gasteiger partial charge in [-0.05, 0) is 25.5 Å². The molecule has 0 spiro atoms. The van der Waals surface area contributed by atoms with Gasteiger partial charge in [0.25, 0.3) is 0 Å². The standard InChI is InChI=1S/C15H17N3O/c1-10-6-11(2)14-13(7-10)15(18(3)4-5-19)12(8-16)9-17-14/h6-7,9,19H,4-5H2,1-3H3. The van der Waals surface area contributed by atoms with Gasteiger partial charge in [0.2, 0.25) is 0 Å². The van der Waals surface area contributed by atoms with E-state index in [1.165, 1.54) is 0 Å². The Kier molecular flexibility index (Phi) is 3.68. The monoisotopic (exact) mass is 255 g/mol. The number of fused-ring (bicyclic) bond motifs is 1. The highest BCUT2D eigenvalue weighted by Gasteiger charge is 2.14. The summed E-state index contributed by atoms with van der Waals surface area (Å²) in [6.07, 6.45) is 1.61. The molecule has 4 nitrogen and oxygen atoms in total. The average molecular weight is 255 g/mol. The molecule has 0 aliphatic heterocycles. The summed E-state index contributed by atoms with van der Waals surface area (Å²) in [6, 6.07) is 6.30. The highest BCUT2D eigenvalue weighted by Crippen LogP contribution is 2.30. The fraction of sp³-hybridized carbons (Fsp3) is 0.333. The van der Waals surface area contributed by atoms with E-state index in [-0.39, 0.29) is 6.61 Å². The van der Waals surface area contributed by atoms with E-state index in [0.29, 0.717) is 12.1 Å². The van der Waals surface area contributed by atoms with E-state index < -0.39 is 0 Å². The lowest BCUT2D eigenvalue weighted by molar-refractivity contribution is 0.304. The fourth-order valence-electron chi connectivity index (χ4n) is 2.40. The van der Waals surface area contributed by atoms with E-state index in [1.54, 1.807) is 6.20 Å². The van der Waals surface area contributed by atoms with Crippen molar-refractivity contribution in [1.82, 2.24) is 4.98 Å². The fourth-order valence-corrected chi connectivity index (χ4v) is 2.40. The number of nitriles is 1. The molecule has 1 N–H and O–H groups in total. The van der Waals surface area contributed by atoms with Crippen LogP contribution in [0.15, 0.2) is 18.3 Å². The zero-order valence-corrected chi connectivity index (χ0v) is 11.4. The third-order valence-electron chi connectivity index (χ3n) is 3.22. The van der Waals surface area contributed by atoms with Gasteiger partial charge in [-0.1, -0.05) is 11.6 Å². The summed E-state index contributed by atoms with van der Waals surface area (Å²) in [6.45, 7) is 4.59. The molecule has 0 saturated heterocycles. The molecule has 0 atom stereocenters. The quantitative estimate of drug-likeness (QED) is 0.913. The average Bonchev–Trinajstić information content (AvgIpc) is 2.37. The van der Waals surface area contributed by atoms with Crippen LogP contribution in [0, 0.1) is 25.2 Å². The van der Waals surface area contributed by atoms with E-state index in [1.807, 2.05) is 31.9 Å². The highest BCUT2D eigenvalue weighted by molar-refractivity contribution is 5.96. The summed E-state index contributed by atoms with van der Waals surface area (Å²) in [5.74, 6) is 0. The first-order chi connectivity index (χ1) is 9.08. The van der Waals surface area contributed by atoms with Gasteiger partial charge < -0.3 is 10.0 Å². The molecule has 19 heavy (non-hydrogen) atoms. The summed E-state index contributed by atoms with van der Waals surface area (Å²) in [7, 11) is 1.88. The summed E-state index contributed by atoms with van der Waals surface area (Å²) in [5.41, 5.74) is 4.52. The number of benzene rings is 1. The van der Waals surface area contributed by atoms with Crippen molar-refractivity contribution in [3.63, 3.8) is 0 Å². The maximum Gasteiger partial charge on any atom is 0.103 e. The Morgan fingerprint density at radius 1 is 1.37 bits per heavy atom. The van der Waals surface area contributed by atoms with E-state index in [4.69, 9.17) is 5.11 Å². The number of likely N-dealkylation sites (N-methyl/N-ethyl adjacent to an activating group) is 1. The van der Waals surface area contributed by atoms with Crippen molar-refractivity contribution in [3.05, 3.63) is 35.0 Å². The summed E-state index contributed by atoms with van der Waals surface area (Å²) < 4.78 is 0. The van der Waals surface area contributed by atoms with Crippen molar-refractivity contribution in [1.29, 1.82) is 5.26 Å². The number of aryl methyl sites for hydroxylation is 2. The van der Waals surface area contributed by atoms with Crippen LogP contribution in [0.3, 0.4) is 0 Å². The second-order valence-corrected chi connectivity index (χ2v) is 4.76. The number of hydrogen-bond acceptors (Lipinski definition) is 4. The van der Waals surface area contributed by atoms with Crippen LogP contribution in [0.5, 0.6) is 0 Å². The van der Waals surface area contributed by atoms with Crippen molar-refractivity contribution in [2.45, 2.75) is 13.8 Å². The van der Waals surface area contributed by atoms with Crippen LogP contribution in [0.2, 0.25) is 0 Å². The van der Waals surface area contributed by atoms with E-state index >= 15 is 0 Å². The summed E-state index contributed by atoms with van der Waals surface area (Å²) >= 11 is 0. The second kappa shape index (κ2) is 5.25. The molecule has 0 radical (unpaired) electrons. The first-order valence-electron chi connectivity index (χ1n) is 6.20. The molecule has 2 rings (SSSR count). The molecule has 0 bridgehead atoms. The molecule has 0 aliphatic carbocycles. The topological polar surface area (TPSA) is 60.2 Å². The molecule has 98 valence electrons. The maximum atomic E-state index is 9.25. The van der Waals surface area contributed by atoms with Gasteiger partial charge in [0, 0.05) is 25.2 Å². The van der Waals surface area contributed by atoms with Crippen LogP contribution >= 0.6 is 0 Å². The molecular formula is C15H17N3O. The van der Waals surface area contributed by atoms with Gasteiger partial charge in [0.15, 0.2) is 0 Å². The minimum Gasteiger partial charge on any atom is -0.395 e. The molecule has 0 saturated carbocycles. The van der Waals surface area contributed by atoms with Crippen molar-refractivity contribution < 1.29 is 5.11 Å². The van der Waals surface area contributed by atoms with Gasteiger partial charge in [-0.15, -0.1) is 0 Å². The third-order valence-corrected chi connectivity index (χ3v) is 3.22. The maximum absolute atomic E-state index is 9.25. The Hall–Kier alpha value is -2.12. The van der Waals surface area contributed by atoms with Crippen molar-refractivity contribution in [2.24, 2.45) is 0 Å². The van der Waals surface area contributed by atoms with Gasteiger partial charge >= 0.3 is 0 Å². The molecule has 0 aliphatic rings. The van der Waals surface area contributed by atoms with Gasteiger partial charge in [0.05, 0.1) is 23.4 Å². The van der Waals surface area contributed by atoms with Crippen LogP contribution in [0.4, 0.5) is 5.69 Å². The Morgan fingerprint density at radius 2 is 2.11 bits per heavy atom. The zero-order valence-electron chi connectivity index (χ0n) is 11.4. The van der Waals surface area contributed by atoms with Crippen LogP contribution in [0.1, 0.15) is 16.7 Å². The number of hydrogen-bond donors (Lipinski definition) is 1. The zero-order chi connectivity index (χ0) is 14.0. The molecule has 1 aromatic carbocycles. The molecule has 4 heteroatoms. The minimum atomic E-state index is 0.0516. The molecule has 2 aromatic rings. The third kappa shape index (κ3) is 2.38. The number of rotatable bonds is 3. The Morgan fingerprint density at radius 3 is 2.74 bits per heavy atom. The van der Waals surface area contributed by atoms with Crippen LogP contribution in [-0.4, -0.2) is 30.3 Å². The van der Waals surface area contributed by atoms with Gasteiger partial charge in [-0.25, -0.2) is 0 Å². The van der Waals surface area contributed by atoms with E-state index in [0.717, 1.165) is 27.7 Å². The van der Waals surface area contributed by atoms with Crippen molar-refractivity contribution in [2.75, 3.05) is 25.1 Å². The Balaban J connectivity index is 2.80. The molecular weight excluding hydrogens is 238 g/mol. The number of anilines is 1. The SMILES string of the molecule is Cc1cc(C)c2ncc(C#N)c(N(C)CCO)c2c1. The molecule has 1 aromatic heterocycles. The minimum absolute atomic E-state index is 0.0516. The molecule has 0 unspecified atom stereocenters. The highest BCUT2D eigenvalue weighted by atomic mass is 16.3. The number of aliphatic hydroxyl groups excluding tert-OH is 1. The lowest BCUT2D eigenvalue weighted by Gasteiger charge is -2.21. The van der Waals surface area contributed by atoms with Gasteiger partial charge in [0.1, 0.15) is 6.07 Å². The molecule has 0 amide bonds. The number of aromatic nitrogens is 1. The van der Waals surface area contributed by atoms with Crippen LogP contribution < -0.4 is 4.90 Å². The summed E-state index contributed by atoms with van der Waals surface area (Å²) in [5, 5.41) is 19.3. The van der Waals surface area contributed by atoms with Crippen LogP contribution in [0.25, 0.3) is 10.9 Å². The Bertz CT molecular complexity index is 658. The first kappa shape index (κ1) is 13.3. The number of nitrogens with zero attached hydrogens (tertiary/aromatic N) is 3. The normalized spacial score (nSPS) is 10.5. The lowest BCUT2D eigenvalue weighted by atomic mass is 10.0. The van der Waals surface area contributed by atoms with Gasteiger partial charge in [-0.3, -0.25) is 4.98 Å². The molecule has 1 heterocycles. The lowest BCUT2D eigenvalue weighted by Crippen LogP contribution is -2.22. The second-order valence-electron chi connectivity index (χ2n) is 4.76. The largest absolute Gasteiger partial charge is 0.395 e. The predicted molar refractivity (Wildman–Crippen MR) is 76.3 cm³/mol. The van der Waals surface area contributed by atoms with Crippen molar-refractivity contribution >= 4 is 16.6 Å². The Labute approximate surface area is 112 Å². The van der Waals surface area contributed by atoms with Crippen LogP contribution in [-0.2, 0) is 0 Å². The van der Waals surface area contributed by atoms with Crippen molar-refractivity contribution in [3.8, 4) is 6.07 Å². The number of pyridine rings is 1. The van der Waals surface area contributed by atoms with E-state index in [2.05, 4.69) is 17.1 Å². The molecule has 0 fully saturated rings. The first-order valence-corrected chi connectivity index (χ1v) is 6.20. The smallest absolute Gasteiger partial charge is 0.103 e. The summed E-state index contributed by atoms with van der Waals surface area (Å²) in [4.78, 5) is 6.29. The number of aliphatic hydroxyl groups is 1. The van der Waals surface area contributed by atoms with Gasteiger partial charge in [-0.2, -0.15) is 5.26 Å². The van der Waals surface area contributed by atoms with E-state index in [9.17, 15) is 5.26 Å².